The zero-order valence-corrected chi connectivity index (χ0v) is 12.2. The van der Waals surface area contributed by atoms with Crippen LogP contribution in [0.25, 0.3) is 0 Å². The predicted molar refractivity (Wildman–Crippen MR) is 81.8 cm³/mol. The SMILES string of the molecule is CCSc1cccc(OCc2ccco2)c1C(N)=S. The molecule has 0 atom stereocenters. The highest BCUT2D eigenvalue weighted by atomic mass is 32.2. The van der Waals surface area contributed by atoms with Crippen LogP contribution in [-0.2, 0) is 6.61 Å². The molecule has 2 N–H and O–H groups in total. The Bertz CT molecular complexity index is 553. The van der Waals surface area contributed by atoms with E-state index in [4.69, 9.17) is 27.1 Å². The lowest BCUT2D eigenvalue weighted by molar-refractivity contribution is 0.269. The number of ether oxygens (including phenoxy) is 1. The molecule has 0 aliphatic carbocycles. The van der Waals surface area contributed by atoms with Crippen molar-refractivity contribution in [2.45, 2.75) is 18.4 Å². The molecule has 0 aliphatic rings. The van der Waals surface area contributed by atoms with Crippen LogP contribution >= 0.6 is 24.0 Å². The molecule has 2 rings (SSSR count). The summed E-state index contributed by atoms with van der Waals surface area (Å²) >= 11 is 6.82. The molecule has 2 aromatic rings. The van der Waals surface area contributed by atoms with Crippen LogP contribution in [-0.4, -0.2) is 10.7 Å². The topological polar surface area (TPSA) is 48.4 Å². The lowest BCUT2D eigenvalue weighted by Gasteiger charge is -2.13. The van der Waals surface area contributed by atoms with Crippen molar-refractivity contribution in [1.82, 2.24) is 0 Å². The Morgan fingerprint density at radius 1 is 1.37 bits per heavy atom. The Hall–Kier alpha value is -1.46. The number of hydrogen-bond acceptors (Lipinski definition) is 4. The van der Waals surface area contributed by atoms with Crippen molar-refractivity contribution in [3.63, 3.8) is 0 Å². The zero-order chi connectivity index (χ0) is 13.7. The standard InChI is InChI=1S/C14H15NO2S2/c1-2-19-12-7-3-6-11(13(12)14(15)18)17-9-10-5-4-8-16-10/h3-8H,2,9H2,1H3,(H2,15,18). The second-order valence-corrected chi connectivity index (χ2v) is 5.54. The molecule has 0 radical (unpaired) electrons. The van der Waals surface area contributed by atoms with Crippen LogP contribution in [0.5, 0.6) is 5.75 Å². The molecule has 0 aliphatic heterocycles. The van der Waals surface area contributed by atoms with Gasteiger partial charge in [0.15, 0.2) is 0 Å². The van der Waals surface area contributed by atoms with E-state index in [1.807, 2.05) is 30.3 Å². The van der Waals surface area contributed by atoms with Crippen molar-refractivity contribution >= 4 is 29.0 Å². The van der Waals surface area contributed by atoms with E-state index in [0.29, 0.717) is 17.3 Å². The Labute approximate surface area is 122 Å². The Kier molecular flexibility index (Phi) is 4.87. The summed E-state index contributed by atoms with van der Waals surface area (Å²) in [4.78, 5) is 1.40. The first-order chi connectivity index (χ1) is 9.22. The van der Waals surface area contributed by atoms with Gasteiger partial charge in [0.2, 0.25) is 0 Å². The van der Waals surface area contributed by atoms with Gasteiger partial charge in [-0.05, 0) is 30.0 Å². The highest BCUT2D eigenvalue weighted by Gasteiger charge is 2.12. The molecule has 0 spiro atoms. The molecule has 0 saturated heterocycles. The van der Waals surface area contributed by atoms with E-state index >= 15 is 0 Å². The van der Waals surface area contributed by atoms with Gasteiger partial charge in [-0.3, -0.25) is 0 Å². The monoisotopic (exact) mass is 293 g/mol. The number of benzene rings is 1. The van der Waals surface area contributed by atoms with Crippen LogP contribution in [0.2, 0.25) is 0 Å². The smallest absolute Gasteiger partial charge is 0.146 e. The molecule has 1 aromatic carbocycles. The Morgan fingerprint density at radius 3 is 2.84 bits per heavy atom. The normalized spacial score (nSPS) is 10.4. The fourth-order valence-electron chi connectivity index (χ4n) is 1.69. The fourth-order valence-corrected chi connectivity index (χ4v) is 2.81. The third-order valence-corrected chi connectivity index (χ3v) is 3.63. The quantitative estimate of drug-likeness (QED) is 0.651. The van der Waals surface area contributed by atoms with Crippen molar-refractivity contribution in [1.29, 1.82) is 0 Å². The first kappa shape index (κ1) is 14.0. The number of nitrogens with two attached hydrogens (primary N) is 1. The van der Waals surface area contributed by atoms with Crippen molar-refractivity contribution in [3.05, 3.63) is 47.9 Å². The summed E-state index contributed by atoms with van der Waals surface area (Å²) in [6, 6.07) is 9.51. The van der Waals surface area contributed by atoms with Crippen molar-refractivity contribution in [3.8, 4) is 5.75 Å². The third-order valence-electron chi connectivity index (χ3n) is 2.48. The van der Waals surface area contributed by atoms with Crippen LogP contribution in [0.4, 0.5) is 0 Å². The molecule has 100 valence electrons. The van der Waals surface area contributed by atoms with Crippen LogP contribution in [0.15, 0.2) is 45.9 Å². The number of hydrogen-bond donors (Lipinski definition) is 1. The molecule has 0 bridgehead atoms. The summed E-state index contributed by atoms with van der Waals surface area (Å²) in [6.45, 7) is 2.45. The minimum Gasteiger partial charge on any atom is -0.485 e. The summed E-state index contributed by atoms with van der Waals surface area (Å²) in [5.41, 5.74) is 6.61. The lowest BCUT2D eigenvalue weighted by Crippen LogP contribution is -2.13. The lowest BCUT2D eigenvalue weighted by atomic mass is 10.2. The molecule has 5 heteroatoms. The average Bonchev–Trinajstić information content (AvgIpc) is 2.89. The van der Waals surface area contributed by atoms with Crippen LogP contribution in [0, 0.1) is 0 Å². The average molecular weight is 293 g/mol. The summed E-state index contributed by atoms with van der Waals surface area (Å²) in [6.07, 6.45) is 1.62. The van der Waals surface area contributed by atoms with E-state index in [0.717, 1.165) is 22.0 Å². The molecule has 0 saturated carbocycles. The van der Waals surface area contributed by atoms with Gasteiger partial charge in [-0.25, -0.2) is 0 Å². The van der Waals surface area contributed by atoms with Gasteiger partial charge in [-0.15, -0.1) is 11.8 Å². The second kappa shape index (κ2) is 6.63. The van der Waals surface area contributed by atoms with Crippen molar-refractivity contribution in [2.24, 2.45) is 5.73 Å². The Balaban J connectivity index is 2.23. The Morgan fingerprint density at radius 2 is 2.21 bits per heavy atom. The van der Waals surface area contributed by atoms with Gasteiger partial charge in [0.1, 0.15) is 23.1 Å². The number of rotatable bonds is 6. The molecule has 0 fully saturated rings. The largest absolute Gasteiger partial charge is 0.485 e. The van der Waals surface area contributed by atoms with E-state index in [1.54, 1.807) is 18.0 Å². The predicted octanol–water partition coefficient (Wildman–Crippen LogP) is 3.60. The zero-order valence-electron chi connectivity index (χ0n) is 10.6. The van der Waals surface area contributed by atoms with Gasteiger partial charge in [0, 0.05) is 4.90 Å². The summed E-state index contributed by atoms with van der Waals surface area (Å²) in [5.74, 6) is 2.42. The summed E-state index contributed by atoms with van der Waals surface area (Å²) in [5, 5.41) is 0. The molecule has 1 heterocycles. The van der Waals surface area contributed by atoms with Gasteiger partial charge >= 0.3 is 0 Å². The number of furan rings is 1. The number of thiocarbonyl (C=S) groups is 1. The van der Waals surface area contributed by atoms with Crippen molar-refractivity contribution in [2.75, 3.05) is 5.75 Å². The highest BCUT2D eigenvalue weighted by Crippen LogP contribution is 2.30. The molecular weight excluding hydrogens is 278 g/mol. The third kappa shape index (κ3) is 3.52. The first-order valence-electron chi connectivity index (χ1n) is 5.93. The van der Waals surface area contributed by atoms with Gasteiger partial charge in [-0.2, -0.15) is 0 Å². The second-order valence-electron chi connectivity index (χ2n) is 3.79. The molecule has 0 amide bonds. The highest BCUT2D eigenvalue weighted by molar-refractivity contribution is 7.99. The van der Waals surface area contributed by atoms with Gasteiger partial charge < -0.3 is 14.9 Å². The maximum absolute atomic E-state index is 5.81. The van der Waals surface area contributed by atoms with Crippen LogP contribution in [0.1, 0.15) is 18.2 Å². The van der Waals surface area contributed by atoms with Crippen LogP contribution < -0.4 is 10.5 Å². The van der Waals surface area contributed by atoms with Crippen molar-refractivity contribution < 1.29 is 9.15 Å². The number of thioether (sulfide) groups is 1. The molecular formula is C14H15NO2S2. The van der Waals surface area contributed by atoms with E-state index in [1.165, 1.54) is 0 Å². The van der Waals surface area contributed by atoms with E-state index in [-0.39, 0.29) is 0 Å². The van der Waals surface area contributed by atoms with Gasteiger partial charge in [0.25, 0.3) is 0 Å². The fraction of sp³-hybridized carbons (Fsp3) is 0.214. The van der Waals surface area contributed by atoms with Gasteiger partial charge in [-0.1, -0.05) is 25.2 Å². The summed E-state index contributed by atoms with van der Waals surface area (Å²) < 4.78 is 11.0. The van der Waals surface area contributed by atoms with Crippen LogP contribution in [0.3, 0.4) is 0 Å². The molecule has 1 aromatic heterocycles. The maximum Gasteiger partial charge on any atom is 0.146 e. The first-order valence-corrected chi connectivity index (χ1v) is 7.32. The molecule has 3 nitrogen and oxygen atoms in total. The molecule has 0 unspecified atom stereocenters. The minimum atomic E-state index is 0.353. The molecule has 19 heavy (non-hydrogen) atoms. The van der Waals surface area contributed by atoms with E-state index in [9.17, 15) is 0 Å². The summed E-state index contributed by atoms with van der Waals surface area (Å²) in [7, 11) is 0. The maximum atomic E-state index is 5.81. The van der Waals surface area contributed by atoms with Gasteiger partial charge in [0.05, 0.1) is 11.8 Å². The van der Waals surface area contributed by atoms with E-state index < -0.39 is 0 Å². The minimum absolute atomic E-state index is 0.353. The van der Waals surface area contributed by atoms with E-state index in [2.05, 4.69) is 6.92 Å².